The highest BCUT2D eigenvalue weighted by Crippen LogP contribution is 2.31. The SMILES string of the molecule is O=C1CC(N(O)C2CC(=O)N(c3ccc(Br)cc3)C2=O)C(=O)N1c1ccc(Br)cc1. The lowest BCUT2D eigenvalue weighted by atomic mass is 10.1. The van der Waals surface area contributed by atoms with Gasteiger partial charge in [-0.1, -0.05) is 31.9 Å². The van der Waals surface area contributed by atoms with Gasteiger partial charge in [-0.25, -0.2) is 9.80 Å². The number of hydrogen-bond acceptors (Lipinski definition) is 6. The molecule has 4 amide bonds. The average molecular weight is 537 g/mol. The zero-order chi connectivity index (χ0) is 21.6. The minimum absolute atomic E-state index is 0.290. The van der Waals surface area contributed by atoms with Crippen LogP contribution in [0.5, 0.6) is 0 Å². The van der Waals surface area contributed by atoms with Gasteiger partial charge in [0.25, 0.3) is 11.8 Å². The minimum Gasteiger partial charge on any atom is -0.312 e. The van der Waals surface area contributed by atoms with Gasteiger partial charge >= 0.3 is 0 Å². The molecule has 0 aliphatic carbocycles. The Morgan fingerprint density at radius 3 is 1.37 bits per heavy atom. The van der Waals surface area contributed by atoms with Gasteiger partial charge in [-0.3, -0.25) is 19.2 Å². The molecule has 0 bridgehead atoms. The highest BCUT2D eigenvalue weighted by atomic mass is 79.9. The predicted molar refractivity (Wildman–Crippen MR) is 114 cm³/mol. The number of imide groups is 2. The Balaban J connectivity index is 1.55. The van der Waals surface area contributed by atoms with E-state index in [1.54, 1.807) is 48.5 Å². The van der Waals surface area contributed by atoms with Crippen LogP contribution >= 0.6 is 31.9 Å². The van der Waals surface area contributed by atoms with Crippen molar-refractivity contribution in [2.75, 3.05) is 9.80 Å². The molecule has 2 heterocycles. The van der Waals surface area contributed by atoms with Crippen LogP contribution in [-0.2, 0) is 19.2 Å². The molecular formula is C20H15Br2N3O5. The summed E-state index contributed by atoms with van der Waals surface area (Å²) >= 11 is 6.58. The molecule has 2 aromatic carbocycles. The number of hydrogen-bond donors (Lipinski definition) is 1. The van der Waals surface area contributed by atoms with Crippen molar-refractivity contribution in [2.24, 2.45) is 0 Å². The molecule has 1 N–H and O–H groups in total. The lowest BCUT2D eigenvalue weighted by Crippen LogP contribution is -2.49. The summed E-state index contributed by atoms with van der Waals surface area (Å²) in [6.45, 7) is 0. The van der Waals surface area contributed by atoms with Crippen LogP contribution in [0.3, 0.4) is 0 Å². The number of carbonyl (C=O) groups is 4. The van der Waals surface area contributed by atoms with E-state index >= 15 is 0 Å². The van der Waals surface area contributed by atoms with Crippen molar-refractivity contribution in [3.05, 3.63) is 57.5 Å². The Labute approximate surface area is 188 Å². The lowest BCUT2D eigenvalue weighted by molar-refractivity contribution is -0.172. The minimum atomic E-state index is -1.24. The van der Waals surface area contributed by atoms with Crippen LogP contribution in [0.15, 0.2) is 57.5 Å². The third-order valence-corrected chi connectivity index (χ3v) is 6.11. The number of amides is 4. The summed E-state index contributed by atoms with van der Waals surface area (Å²) in [6.07, 6.45) is -0.580. The Hall–Kier alpha value is -2.40. The van der Waals surface area contributed by atoms with Crippen molar-refractivity contribution < 1.29 is 24.4 Å². The molecule has 2 saturated heterocycles. The van der Waals surface area contributed by atoms with Gasteiger partial charge in [0, 0.05) is 8.95 Å². The van der Waals surface area contributed by atoms with Gasteiger partial charge in [0.2, 0.25) is 11.8 Å². The second-order valence-electron chi connectivity index (χ2n) is 6.91. The Morgan fingerprint density at radius 2 is 1.03 bits per heavy atom. The second-order valence-corrected chi connectivity index (χ2v) is 8.74. The molecule has 2 fully saturated rings. The quantitative estimate of drug-likeness (QED) is 0.476. The van der Waals surface area contributed by atoms with Gasteiger partial charge in [0.1, 0.15) is 12.1 Å². The summed E-state index contributed by atoms with van der Waals surface area (Å²) in [4.78, 5) is 52.6. The van der Waals surface area contributed by atoms with E-state index in [1.165, 1.54) is 0 Å². The zero-order valence-corrected chi connectivity index (χ0v) is 18.5. The van der Waals surface area contributed by atoms with E-state index in [0.717, 1.165) is 18.7 Å². The molecule has 0 radical (unpaired) electrons. The van der Waals surface area contributed by atoms with Gasteiger partial charge in [-0.15, -0.1) is 0 Å². The standard InChI is InChI=1S/C20H15Br2N3O5/c21-11-1-5-13(6-2-11)23-17(26)9-15(19(23)28)25(30)16-10-18(27)24(20(16)29)14-7-3-12(22)4-8-14/h1-8,15-16,30H,9-10H2. The van der Waals surface area contributed by atoms with Crippen molar-refractivity contribution in [2.45, 2.75) is 24.9 Å². The fourth-order valence-electron chi connectivity index (χ4n) is 3.59. The summed E-state index contributed by atoms with van der Waals surface area (Å²) in [7, 11) is 0. The van der Waals surface area contributed by atoms with Crippen LogP contribution < -0.4 is 9.80 Å². The molecular weight excluding hydrogens is 522 g/mol. The van der Waals surface area contributed by atoms with Gasteiger partial charge in [-0.2, -0.15) is 5.06 Å². The van der Waals surface area contributed by atoms with Crippen LogP contribution in [0.1, 0.15) is 12.8 Å². The average Bonchev–Trinajstić information content (AvgIpc) is 3.18. The number of halogens is 2. The lowest BCUT2D eigenvalue weighted by Gasteiger charge is -2.25. The zero-order valence-electron chi connectivity index (χ0n) is 15.4. The monoisotopic (exact) mass is 535 g/mol. The maximum atomic E-state index is 12.9. The number of carbonyl (C=O) groups excluding carboxylic acids is 4. The molecule has 2 aliphatic heterocycles. The highest BCUT2D eigenvalue weighted by molar-refractivity contribution is 9.10. The molecule has 2 aromatic rings. The van der Waals surface area contributed by atoms with Crippen LogP contribution in [0.4, 0.5) is 11.4 Å². The van der Waals surface area contributed by atoms with Gasteiger partial charge in [-0.05, 0) is 48.5 Å². The maximum Gasteiger partial charge on any atom is 0.254 e. The summed E-state index contributed by atoms with van der Waals surface area (Å²) < 4.78 is 1.57. The first-order valence-corrected chi connectivity index (χ1v) is 10.6. The molecule has 154 valence electrons. The molecule has 2 unspecified atom stereocenters. The molecule has 2 atom stereocenters. The van der Waals surface area contributed by atoms with Crippen LogP contribution in [0.2, 0.25) is 0 Å². The number of rotatable bonds is 4. The van der Waals surface area contributed by atoms with E-state index in [9.17, 15) is 24.4 Å². The van der Waals surface area contributed by atoms with E-state index in [0.29, 0.717) is 16.4 Å². The summed E-state index contributed by atoms with van der Waals surface area (Å²) in [5, 5.41) is 11.2. The van der Waals surface area contributed by atoms with Crippen molar-refractivity contribution >= 4 is 66.9 Å². The summed E-state index contributed by atoms with van der Waals surface area (Å²) in [5.74, 6) is -2.28. The number of nitrogens with zero attached hydrogens (tertiary/aromatic N) is 3. The van der Waals surface area contributed by atoms with Crippen molar-refractivity contribution in [3.8, 4) is 0 Å². The first-order valence-electron chi connectivity index (χ1n) is 9.00. The molecule has 10 heteroatoms. The molecule has 2 aliphatic rings. The van der Waals surface area contributed by atoms with E-state index in [1.807, 2.05) is 0 Å². The van der Waals surface area contributed by atoms with Crippen LogP contribution in [0.25, 0.3) is 0 Å². The third-order valence-electron chi connectivity index (χ3n) is 5.05. The summed E-state index contributed by atoms with van der Waals surface area (Å²) in [5.41, 5.74) is 0.740. The largest absolute Gasteiger partial charge is 0.312 e. The molecule has 30 heavy (non-hydrogen) atoms. The van der Waals surface area contributed by atoms with Crippen LogP contribution in [0, 0.1) is 0 Å². The molecule has 0 aromatic heterocycles. The molecule has 8 nitrogen and oxygen atoms in total. The Kier molecular flexibility index (Phi) is 5.58. The third kappa shape index (κ3) is 3.60. The van der Waals surface area contributed by atoms with E-state index in [4.69, 9.17) is 0 Å². The van der Waals surface area contributed by atoms with E-state index in [2.05, 4.69) is 31.9 Å². The van der Waals surface area contributed by atoms with Gasteiger partial charge in [0.05, 0.1) is 24.2 Å². The fraction of sp³-hybridized carbons (Fsp3) is 0.200. The van der Waals surface area contributed by atoms with Gasteiger partial charge < -0.3 is 5.21 Å². The fourth-order valence-corrected chi connectivity index (χ4v) is 4.11. The maximum absolute atomic E-state index is 12.9. The smallest absolute Gasteiger partial charge is 0.254 e. The Bertz CT molecular complexity index is 958. The van der Waals surface area contributed by atoms with Crippen molar-refractivity contribution in [3.63, 3.8) is 0 Å². The normalized spacial score (nSPS) is 22.0. The Morgan fingerprint density at radius 1 is 0.700 bits per heavy atom. The van der Waals surface area contributed by atoms with E-state index in [-0.39, 0.29) is 12.8 Å². The van der Waals surface area contributed by atoms with Gasteiger partial charge in [0.15, 0.2) is 0 Å². The molecule has 0 saturated carbocycles. The van der Waals surface area contributed by atoms with Crippen molar-refractivity contribution in [1.29, 1.82) is 0 Å². The second kappa shape index (κ2) is 8.03. The predicted octanol–water partition coefficient (Wildman–Crippen LogP) is 2.87. The van der Waals surface area contributed by atoms with Crippen molar-refractivity contribution in [1.82, 2.24) is 5.06 Å². The molecule has 0 spiro atoms. The van der Waals surface area contributed by atoms with Crippen LogP contribution in [-0.4, -0.2) is 46.0 Å². The highest BCUT2D eigenvalue weighted by Gasteiger charge is 2.50. The summed E-state index contributed by atoms with van der Waals surface area (Å²) in [6, 6.07) is 10.7. The number of hydroxylamine groups is 2. The molecule has 4 rings (SSSR count). The first-order chi connectivity index (χ1) is 14.3. The topological polar surface area (TPSA) is 98.2 Å². The van der Waals surface area contributed by atoms with E-state index < -0.39 is 35.7 Å². The first kappa shape index (κ1) is 20.9. The number of benzene rings is 2. The number of anilines is 2.